The maximum absolute atomic E-state index is 12.4. The number of hydrogen-bond donors (Lipinski definition) is 1. The number of carbonyl (C=O) groups is 3. The third-order valence-electron chi connectivity index (χ3n) is 4.80. The zero-order valence-electron chi connectivity index (χ0n) is 19.8. The minimum Gasteiger partial charge on any atom is -0.490 e. The van der Waals surface area contributed by atoms with Crippen LogP contribution >= 0.6 is 0 Å². The molecule has 0 fully saturated rings. The summed E-state index contributed by atoms with van der Waals surface area (Å²) in [7, 11) is 0. The van der Waals surface area contributed by atoms with E-state index in [9.17, 15) is 14.4 Å². The molecule has 0 aromatic heterocycles. The summed E-state index contributed by atoms with van der Waals surface area (Å²) in [6, 6.07) is 14.5. The molecule has 0 heterocycles. The number of hydrogen-bond acceptors (Lipinski definition) is 6. The summed E-state index contributed by atoms with van der Waals surface area (Å²) in [6.45, 7) is 11.5. The molecule has 1 N–H and O–H groups in total. The summed E-state index contributed by atoms with van der Waals surface area (Å²) in [5.74, 6) is 0.185. The molecule has 2 aromatic rings. The third-order valence-corrected chi connectivity index (χ3v) is 4.80. The lowest BCUT2D eigenvalue weighted by molar-refractivity contribution is -0.139. The summed E-state index contributed by atoms with van der Waals surface area (Å²) in [6.07, 6.45) is 4.47. The summed E-state index contributed by atoms with van der Waals surface area (Å²) in [4.78, 5) is 35.3. The highest BCUT2D eigenvalue weighted by Crippen LogP contribution is 2.15. The number of allylic oxidation sites excluding steroid dienone is 2. The highest BCUT2D eigenvalue weighted by molar-refractivity contribution is 6.07. The van der Waals surface area contributed by atoms with Crippen LogP contribution in [-0.4, -0.2) is 37.3 Å². The topological polar surface area (TPSA) is 81.7 Å². The molecule has 2 aromatic carbocycles. The van der Waals surface area contributed by atoms with Crippen molar-refractivity contribution in [2.24, 2.45) is 0 Å². The molecule has 0 aliphatic heterocycles. The fraction of sp³-hybridized carbons (Fsp3) is 0.250. The van der Waals surface area contributed by atoms with Gasteiger partial charge in [0.2, 0.25) is 0 Å². The SMILES string of the molecule is C=C(C)C(=O)CCCNc1ccc(C(=O)/C=C/c2ccc(OCCOC(=O)C(=C)C)cc2)cc1. The van der Waals surface area contributed by atoms with Gasteiger partial charge in [-0.2, -0.15) is 0 Å². The summed E-state index contributed by atoms with van der Waals surface area (Å²) in [5, 5.41) is 3.25. The van der Waals surface area contributed by atoms with E-state index in [4.69, 9.17) is 9.47 Å². The number of nitrogens with one attached hydrogen (secondary N) is 1. The van der Waals surface area contributed by atoms with Crippen molar-refractivity contribution in [3.8, 4) is 5.75 Å². The molecule has 0 amide bonds. The molecular weight excluding hydrogens is 430 g/mol. The van der Waals surface area contributed by atoms with Gasteiger partial charge in [0.15, 0.2) is 11.6 Å². The highest BCUT2D eigenvalue weighted by atomic mass is 16.6. The summed E-state index contributed by atoms with van der Waals surface area (Å²) in [5.41, 5.74) is 3.27. The standard InChI is InChI=1S/C28H31NO5/c1-20(2)26(30)6-5-17-29-24-12-10-23(11-13-24)27(31)16-9-22-7-14-25(15-8-22)33-18-19-34-28(32)21(3)4/h7-16,29H,1,3,5-6,17-19H2,2,4H3/b16-9+. The molecule has 0 spiro atoms. The van der Waals surface area contributed by atoms with Gasteiger partial charge >= 0.3 is 5.97 Å². The number of carbonyl (C=O) groups excluding carboxylic acids is 3. The van der Waals surface area contributed by atoms with E-state index in [2.05, 4.69) is 18.5 Å². The first-order valence-corrected chi connectivity index (χ1v) is 11.1. The maximum atomic E-state index is 12.4. The molecule has 0 aliphatic rings. The van der Waals surface area contributed by atoms with Crippen LogP contribution < -0.4 is 10.1 Å². The first-order valence-electron chi connectivity index (χ1n) is 11.1. The smallest absolute Gasteiger partial charge is 0.333 e. The number of anilines is 1. The van der Waals surface area contributed by atoms with Crippen molar-refractivity contribution in [1.82, 2.24) is 0 Å². The Hall–Kier alpha value is -3.93. The van der Waals surface area contributed by atoms with Gasteiger partial charge in [-0.15, -0.1) is 0 Å². The van der Waals surface area contributed by atoms with Gasteiger partial charge in [0.25, 0.3) is 0 Å². The normalized spacial score (nSPS) is 10.5. The van der Waals surface area contributed by atoms with Crippen LogP contribution in [0.25, 0.3) is 6.08 Å². The van der Waals surface area contributed by atoms with Gasteiger partial charge in [0, 0.05) is 29.8 Å². The van der Waals surface area contributed by atoms with Crippen LogP contribution in [0.3, 0.4) is 0 Å². The van der Waals surface area contributed by atoms with Crippen LogP contribution in [-0.2, 0) is 14.3 Å². The Morgan fingerprint density at radius 2 is 1.59 bits per heavy atom. The van der Waals surface area contributed by atoms with Crippen molar-refractivity contribution in [3.05, 3.63) is 90.0 Å². The van der Waals surface area contributed by atoms with E-state index in [1.807, 2.05) is 24.3 Å². The second kappa shape index (κ2) is 13.6. The largest absolute Gasteiger partial charge is 0.490 e. The van der Waals surface area contributed by atoms with E-state index in [0.717, 1.165) is 17.7 Å². The molecule has 0 atom stereocenters. The fourth-order valence-corrected chi connectivity index (χ4v) is 2.81. The van der Waals surface area contributed by atoms with Crippen molar-refractivity contribution in [2.75, 3.05) is 25.1 Å². The molecule has 0 saturated heterocycles. The van der Waals surface area contributed by atoms with E-state index >= 15 is 0 Å². The number of ether oxygens (including phenoxy) is 2. The van der Waals surface area contributed by atoms with Gasteiger partial charge in [-0.05, 0) is 73.9 Å². The van der Waals surface area contributed by atoms with E-state index < -0.39 is 5.97 Å². The van der Waals surface area contributed by atoms with E-state index in [1.165, 1.54) is 6.08 Å². The van der Waals surface area contributed by atoms with E-state index in [1.54, 1.807) is 44.2 Å². The van der Waals surface area contributed by atoms with Crippen LogP contribution in [0.5, 0.6) is 5.75 Å². The second-order valence-corrected chi connectivity index (χ2v) is 7.84. The molecule has 2 rings (SSSR count). The quantitative estimate of drug-likeness (QED) is 0.175. The number of benzene rings is 2. The Bertz CT molecular complexity index is 1050. The van der Waals surface area contributed by atoms with Gasteiger partial charge in [0.1, 0.15) is 19.0 Å². The van der Waals surface area contributed by atoms with Crippen molar-refractivity contribution in [3.63, 3.8) is 0 Å². The molecule has 0 saturated carbocycles. The summed E-state index contributed by atoms with van der Waals surface area (Å²) < 4.78 is 10.5. The number of esters is 1. The first-order chi connectivity index (χ1) is 16.3. The molecule has 0 unspecified atom stereocenters. The molecular formula is C28H31NO5. The first kappa shape index (κ1) is 26.3. The zero-order chi connectivity index (χ0) is 24.9. The van der Waals surface area contributed by atoms with Crippen molar-refractivity contribution >= 4 is 29.3 Å². The average molecular weight is 462 g/mol. The minimum atomic E-state index is -0.438. The van der Waals surface area contributed by atoms with Gasteiger partial charge < -0.3 is 14.8 Å². The van der Waals surface area contributed by atoms with E-state index in [0.29, 0.717) is 35.4 Å². The maximum Gasteiger partial charge on any atom is 0.333 e. The summed E-state index contributed by atoms with van der Waals surface area (Å²) >= 11 is 0. The van der Waals surface area contributed by atoms with Crippen LogP contribution in [0.4, 0.5) is 5.69 Å². The Kier molecular flexibility index (Phi) is 10.5. The van der Waals surface area contributed by atoms with Crippen molar-refractivity contribution in [2.45, 2.75) is 26.7 Å². The zero-order valence-corrected chi connectivity index (χ0v) is 19.8. The van der Waals surface area contributed by atoms with Crippen LogP contribution in [0, 0.1) is 0 Å². The lowest BCUT2D eigenvalue weighted by Gasteiger charge is -2.07. The molecule has 6 nitrogen and oxygen atoms in total. The predicted molar refractivity (Wildman–Crippen MR) is 135 cm³/mol. The monoisotopic (exact) mass is 461 g/mol. The fourth-order valence-electron chi connectivity index (χ4n) is 2.81. The van der Waals surface area contributed by atoms with Gasteiger partial charge in [-0.25, -0.2) is 4.79 Å². The molecule has 0 bridgehead atoms. The molecule has 34 heavy (non-hydrogen) atoms. The Morgan fingerprint density at radius 1 is 0.912 bits per heavy atom. The second-order valence-electron chi connectivity index (χ2n) is 7.84. The number of ketones is 2. The molecule has 0 radical (unpaired) electrons. The van der Waals surface area contributed by atoms with Crippen molar-refractivity contribution in [1.29, 1.82) is 0 Å². The Morgan fingerprint density at radius 3 is 2.21 bits per heavy atom. The lowest BCUT2D eigenvalue weighted by Crippen LogP contribution is -2.12. The Labute approximate surface area is 201 Å². The van der Waals surface area contributed by atoms with Crippen molar-refractivity contribution < 1.29 is 23.9 Å². The number of Topliss-reactive ketones (excluding diaryl/α,β-unsaturated/α-hetero) is 1. The molecule has 178 valence electrons. The Balaban J connectivity index is 1.77. The third kappa shape index (κ3) is 9.28. The number of rotatable bonds is 14. The van der Waals surface area contributed by atoms with E-state index in [-0.39, 0.29) is 24.8 Å². The van der Waals surface area contributed by atoms with Crippen LogP contribution in [0.15, 0.2) is 78.9 Å². The highest BCUT2D eigenvalue weighted by Gasteiger charge is 2.05. The average Bonchev–Trinajstić information content (AvgIpc) is 2.83. The minimum absolute atomic E-state index is 0.0818. The van der Waals surface area contributed by atoms with Crippen LogP contribution in [0.1, 0.15) is 42.6 Å². The molecule has 0 aliphatic carbocycles. The molecule has 6 heteroatoms. The predicted octanol–water partition coefficient (Wildman–Crippen LogP) is 5.42. The van der Waals surface area contributed by atoms with Gasteiger partial charge in [0.05, 0.1) is 0 Å². The van der Waals surface area contributed by atoms with Crippen LogP contribution in [0.2, 0.25) is 0 Å². The lowest BCUT2D eigenvalue weighted by atomic mass is 10.1. The van der Waals surface area contributed by atoms with Gasteiger partial charge in [-0.1, -0.05) is 31.4 Å². The van der Waals surface area contributed by atoms with Gasteiger partial charge in [-0.3, -0.25) is 9.59 Å².